The largest absolute Gasteiger partial charge is 0.456 e. The van der Waals surface area contributed by atoms with Crippen LogP contribution in [0.25, 0.3) is 0 Å². The van der Waals surface area contributed by atoms with Crippen LogP contribution >= 0.6 is 11.3 Å². The predicted octanol–water partition coefficient (Wildman–Crippen LogP) is 4.11. The first kappa shape index (κ1) is 21.0. The second-order valence-corrected chi connectivity index (χ2v) is 8.66. The van der Waals surface area contributed by atoms with E-state index < -0.39 is 11.9 Å². The number of anilines is 2. The number of nitrogens with one attached hydrogen (secondary N) is 1. The van der Waals surface area contributed by atoms with Crippen LogP contribution in [0, 0.1) is 13.8 Å². The summed E-state index contributed by atoms with van der Waals surface area (Å²) in [5, 5.41) is 2.72. The summed E-state index contributed by atoms with van der Waals surface area (Å²) < 4.78 is 4.99. The summed E-state index contributed by atoms with van der Waals surface area (Å²) in [6, 6.07) is 9.49. The second kappa shape index (κ2) is 9.69. The molecule has 0 aliphatic carbocycles. The average Bonchev–Trinajstić information content (AvgIpc) is 3.34. The predicted molar refractivity (Wildman–Crippen MR) is 115 cm³/mol. The van der Waals surface area contributed by atoms with E-state index in [9.17, 15) is 14.4 Å². The van der Waals surface area contributed by atoms with E-state index in [0.717, 1.165) is 28.5 Å². The van der Waals surface area contributed by atoms with Crippen molar-refractivity contribution < 1.29 is 19.1 Å². The van der Waals surface area contributed by atoms with Crippen LogP contribution in [-0.2, 0) is 14.3 Å². The van der Waals surface area contributed by atoms with Gasteiger partial charge in [0.15, 0.2) is 12.4 Å². The first-order chi connectivity index (χ1) is 13.9. The number of esters is 1. The highest BCUT2D eigenvalue weighted by molar-refractivity contribution is 7.12. The van der Waals surface area contributed by atoms with Crippen molar-refractivity contribution in [2.45, 2.75) is 39.5 Å². The maximum atomic E-state index is 12.2. The Bertz CT molecular complexity index is 883. The molecule has 2 aromatic rings. The molecular weight excluding hydrogens is 388 g/mol. The first-order valence-corrected chi connectivity index (χ1v) is 10.6. The standard InChI is InChI=1S/C22H26N2O4S/c1-15-13-19(16(2)29-15)20(25)9-10-22(27)28-14-21(26)23-17-5-7-18(8-6-17)24-11-3-4-12-24/h5-8,13H,3-4,9-12,14H2,1-2H3,(H,23,26). The summed E-state index contributed by atoms with van der Waals surface area (Å²) in [5.74, 6) is -1.03. The lowest BCUT2D eigenvalue weighted by Gasteiger charge is -2.17. The van der Waals surface area contributed by atoms with E-state index in [1.165, 1.54) is 12.8 Å². The van der Waals surface area contributed by atoms with E-state index in [1.54, 1.807) is 11.3 Å². The molecular formula is C22H26N2O4S. The van der Waals surface area contributed by atoms with Crippen molar-refractivity contribution in [1.82, 2.24) is 0 Å². The molecule has 0 radical (unpaired) electrons. The van der Waals surface area contributed by atoms with Gasteiger partial charge in [0.1, 0.15) is 0 Å². The number of carbonyl (C=O) groups is 3. The maximum Gasteiger partial charge on any atom is 0.306 e. The maximum absolute atomic E-state index is 12.2. The molecule has 0 unspecified atom stereocenters. The van der Waals surface area contributed by atoms with Gasteiger partial charge in [0.05, 0.1) is 6.42 Å². The van der Waals surface area contributed by atoms with Crippen LogP contribution < -0.4 is 10.2 Å². The van der Waals surface area contributed by atoms with Gasteiger partial charge in [-0.05, 0) is 57.0 Å². The zero-order valence-electron chi connectivity index (χ0n) is 16.8. The third-order valence-electron chi connectivity index (χ3n) is 4.88. The van der Waals surface area contributed by atoms with Crippen LogP contribution in [-0.4, -0.2) is 37.4 Å². The molecule has 1 aromatic heterocycles. The minimum absolute atomic E-state index is 0.0367. The van der Waals surface area contributed by atoms with Crippen molar-refractivity contribution >= 4 is 40.4 Å². The zero-order valence-corrected chi connectivity index (χ0v) is 17.6. The lowest BCUT2D eigenvalue weighted by Crippen LogP contribution is -2.21. The number of hydrogen-bond acceptors (Lipinski definition) is 6. The molecule has 2 heterocycles. The molecule has 6 nitrogen and oxygen atoms in total. The van der Waals surface area contributed by atoms with Gasteiger partial charge in [0.25, 0.3) is 5.91 Å². The lowest BCUT2D eigenvalue weighted by molar-refractivity contribution is -0.147. The fourth-order valence-electron chi connectivity index (χ4n) is 3.40. The fourth-order valence-corrected chi connectivity index (χ4v) is 4.35. The Balaban J connectivity index is 1.39. The van der Waals surface area contributed by atoms with E-state index in [2.05, 4.69) is 10.2 Å². The molecule has 7 heteroatoms. The molecule has 1 N–H and O–H groups in total. The third-order valence-corrected chi connectivity index (χ3v) is 5.85. The Labute approximate surface area is 174 Å². The van der Waals surface area contributed by atoms with Crippen molar-refractivity contribution in [2.24, 2.45) is 0 Å². The van der Waals surface area contributed by atoms with E-state index in [4.69, 9.17) is 4.74 Å². The number of benzene rings is 1. The van der Waals surface area contributed by atoms with Gasteiger partial charge < -0.3 is 15.0 Å². The van der Waals surface area contributed by atoms with Gasteiger partial charge in [0.2, 0.25) is 0 Å². The number of ketones is 1. The van der Waals surface area contributed by atoms with Crippen LogP contribution in [0.1, 0.15) is 45.8 Å². The number of aryl methyl sites for hydroxylation is 2. The highest BCUT2D eigenvalue weighted by Gasteiger charge is 2.16. The number of rotatable bonds is 8. The summed E-state index contributed by atoms with van der Waals surface area (Å²) in [6.45, 7) is 5.61. The van der Waals surface area contributed by atoms with E-state index in [1.807, 2.05) is 44.2 Å². The van der Waals surface area contributed by atoms with Crippen LogP contribution in [0.3, 0.4) is 0 Å². The molecule has 1 aliphatic heterocycles. The van der Waals surface area contributed by atoms with Crippen molar-refractivity contribution in [3.05, 3.63) is 45.6 Å². The SMILES string of the molecule is Cc1cc(C(=O)CCC(=O)OCC(=O)Nc2ccc(N3CCCC3)cc2)c(C)s1. The molecule has 154 valence electrons. The monoisotopic (exact) mass is 414 g/mol. The Morgan fingerprint density at radius 3 is 2.38 bits per heavy atom. The van der Waals surface area contributed by atoms with Gasteiger partial charge in [-0.1, -0.05) is 0 Å². The normalized spacial score (nSPS) is 13.4. The van der Waals surface area contributed by atoms with Crippen LogP contribution in [0.5, 0.6) is 0 Å². The molecule has 0 bridgehead atoms. The molecule has 1 aromatic carbocycles. The molecule has 1 amide bonds. The Morgan fingerprint density at radius 2 is 1.76 bits per heavy atom. The molecule has 29 heavy (non-hydrogen) atoms. The van der Waals surface area contributed by atoms with Gasteiger partial charge in [0, 0.05) is 46.2 Å². The summed E-state index contributed by atoms with van der Waals surface area (Å²) in [5.41, 5.74) is 2.47. The number of ether oxygens (including phenoxy) is 1. The fraction of sp³-hybridized carbons (Fsp3) is 0.409. The summed E-state index contributed by atoms with van der Waals surface area (Å²) in [6.07, 6.45) is 2.46. The van der Waals surface area contributed by atoms with Crippen molar-refractivity contribution in [1.29, 1.82) is 0 Å². The number of Topliss-reactive ketones (excluding diaryl/α,β-unsaturated/α-hetero) is 1. The minimum atomic E-state index is -0.553. The number of carbonyl (C=O) groups excluding carboxylic acids is 3. The number of amides is 1. The molecule has 1 fully saturated rings. The molecule has 3 rings (SSSR count). The van der Waals surface area contributed by atoms with E-state index in [-0.39, 0.29) is 25.2 Å². The van der Waals surface area contributed by atoms with Gasteiger partial charge in [-0.25, -0.2) is 0 Å². The summed E-state index contributed by atoms with van der Waals surface area (Å²) in [4.78, 5) is 40.4. The topological polar surface area (TPSA) is 75.7 Å². The Hall–Kier alpha value is -2.67. The van der Waals surface area contributed by atoms with Gasteiger partial charge >= 0.3 is 5.97 Å². The van der Waals surface area contributed by atoms with E-state index in [0.29, 0.717) is 11.3 Å². The molecule has 0 spiro atoms. The van der Waals surface area contributed by atoms with Crippen molar-refractivity contribution in [3.63, 3.8) is 0 Å². The summed E-state index contributed by atoms with van der Waals surface area (Å²) in [7, 11) is 0. The number of nitrogens with zero attached hydrogens (tertiary/aromatic N) is 1. The minimum Gasteiger partial charge on any atom is -0.456 e. The molecule has 0 saturated carbocycles. The first-order valence-electron chi connectivity index (χ1n) is 9.83. The average molecular weight is 415 g/mol. The molecule has 0 atom stereocenters. The third kappa shape index (κ3) is 5.90. The Morgan fingerprint density at radius 1 is 1.07 bits per heavy atom. The van der Waals surface area contributed by atoms with Crippen molar-refractivity contribution in [2.75, 3.05) is 29.9 Å². The highest BCUT2D eigenvalue weighted by Crippen LogP contribution is 2.23. The lowest BCUT2D eigenvalue weighted by atomic mass is 10.1. The van der Waals surface area contributed by atoms with Gasteiger partial charge in [-0.15, -0.1) is 11.3 Å². The highest BCUT2D eigenvalue weighted by atomic mass is 32.1. The second-order valence-electron chi connectivity index (χ2n) is 7.20. The molecule has 1 saturated heterocycles. The van der Waals surface area contributed by atoms with Gasteiger partial charge in [-0.3, -0.25) is 14.4 Å². The van der Waals surface area contributed by atoms with Crippen LogP contribution in [0.2, 0.25) is 0 Å². The van der Waals surface area contributed by atoms with Crippen molar-refractivity contribution in [3.8, 4) is 0 Å². The van der Waals surface area contributed by atoms with Crippen LogP contribution in [0.4, 0.5) is 11.4 Å². The smallest absolute Gasteiger partial charge is 0.306 e. The van der Waals surface area contributed by atoms with Gasteiger partial charge in [-0.2, -0.15) is 0 Å². The quantitative estimate of drug-likeness (QED) is 0.520. The molecule has 1 aliphatic rings. The number of hydrogen-bond donors (Lipinski definition) is 1. The van der Waals surface area contributed by atoms with Crippen LogP contribution in [0.15, 0.2) is 30.3 Å². The Kier molecular flexibility index (Phi) is 7.04. The zero-order chi connectivity index (χ0) is 20.8. The van der Waals surface area contributed by atoms with E-state index >= 15 is 0 Å². The number of thiophene rings is 1. The summed E-state index contributed by atoms with van der Waals surface area (Å²) >= 11 is 1.56.